The molecule has 0 atom stereocenters. The minimum Gasteiger partial charge on any atom is -0.293 e. The number of fused-ring (bicyclic) bond motifs is 1. The number of rotatable bonds is 0. The first-order chi connectivity index (χ1) is 4.88. The second kappa shape index (κ2) is 2.12. The predicted octanol–water partition coefficient (Wildman–Crippen LogP) is 0.839. The van der Waals surface area contributed by atoms with Crippen molar-refractivity contribution in [3.8, 4) is 0 Å². The molecule has 52 valence electrons. The van der Waals surface area contributed by atoms with Crippen LogP contribution in [-0.2, 0) is 5.75 Å². The van der Waals surface area contributed by atoms with Gasteiger partial charge in [-0.15, -0.1) is 11.8 Å². The Bertz CT molecular complexity index is 268. The van der Waals surface area contributed by atoms with Crippen LogP contribution in [0.4, 0.5) is 0 Å². The van der Waals surface area contributed by atoms with Crippen molar-refractivity contribution in [1.29, 1.82) is 0 Å². The van der Waals surface area contributed by atoms with E-state index in [0.29, 0.717) is 5.75 Å². The monoisotopic (exact) mass is 154 g/mol. The Labute approximate surface area is 62.2 Å². The second-order valence-electron chi connectivity index (χ2n) is 2.18. The van der Waals surface area contributed by atoms with Gasteiger partial charge < -0.3 is 0 Å². The molecule has 3 nitrogen and oxygen atoms in total. The molecule has 0 aliphatic carbocycles. The molecule has 1 aliphatic rings. The molecule has 1 aliphatic heterocycles. The average molecular weight is 154 g/mol. The van der Waals surface area contributed by atoms with Gasteiger partial charge in [0.2, 0.25) is 0 Å². The molecule has 1 aromatic rings. The molecule has 0 spiro atoms. The van der Waals surface area contributed by atoms with Crippen LogP contribution in [0.25, 0.3) is 0 Å². The van der Waals surface area contributed by atoms with E-state index in [4.69, 9.17) is 0 Å². The largest absolute Gasteiger partial charge is 0.293 e. The Morgan fingerprint density at radius 1 is 1.60 bits per heavy atom. The van der Waals surface area contributed by atoms with Gasteiger partial charge in [-0.05, 0) is 0 Å². The number of aromatic nitrogens is 2. The van der Waals surface area contributed by atoms with E-state index in [2.05, 4.69) is 10.2 Å². The summed E-state index contributed by atoms with van der Waals surface area (Å²) in [6.45, 7) is 0. The zero-order valence-corrected chi connectivity index (χ0v) is 6.07. The topological polar surface area (TPSA) is 45.8 Å². The normalized spacial score (nSPS) is 17.0. The van der Waals surface area contributed by atoms with Crippen LogP contribution in [0, 0.1) is 0 Å². The Morgan fingerprint density at radius 2 is 2.50 bits per heavy atom. The molecule has 0 aromatic carbocycles. The first kappa shape index (κ1) is 5.97. The van der Waals surface area contributed by atoms with Gasteiger partial charge in [-0.1, -0.05) is 0 Å². The SMILES string of the molecule is O=C1CSCc2[nH]ncc21. The molecule has 2 rings (SSSR count). The van der Waals surface area contributed by atoms with Crippen LogP contribution in [0.2, 0.25) is 0 Å². The van der Waals surface area contributed by atoms with Gasteiger partial charge >= 0.3 is 0 Å². The van der Waals surface area contributed by atoms with Crippen molar-refractivity contribution in [2.24, 2.45) is 0 Å². The Kier molecular flexibility index (Phi) is 1.27. The maximum atomic E-state index is 11.1. The van der Waals surface area contributed by atoms with Crippen LogP contribution in [0.15, 0.2) is 6.20 Å². The number of carbonyl (C=O) groups excluding carboxylic acids is 1. The minimum atomic E-state index is 0.194. The average Bonchev–Trinajstić information content (AvgIpc) is 2.36. The molecule has 2 heterocycles. The predicted molar refractivity (Wildman–Crippen MR) is 39.1 cm³/mol. The van der Waals surface area contributed by atoms with E-state index in [1.807, 2.05) is 0 Å². The van der Waals surface area contributed by atoms with E-state index in [1.54, 1.807) is 18.0 Å². The maximum absolute atomic E-state index is 11.1. The third-order valence-corrected chi connectivity index (χ3v) is 2.46. The summed E-state index contributed by atoms with van der Waals surface area (Å²) in [7, 11) is 0. The van der Waals surface area contributed by atoms with Gasteiger partial charge in [0.15, 0.2) is 5.78 Å². The minimum absolute atomic E-state index is 0.194. The van der Waals surface area contributed by atoms with Crippen molar-refractivity contribution < 1.29 is 4.79 Å². The van der Waals surface area contributed by atoms with Crippen molar-refractivity contribution in [2.45, 2.75) is 5.75 Å². The van der Waals surface area contributed by atoms with E-state index in [1.165, 1.54) is 0 Å². The smallest absolute Gasteiger partial charge is 0.176 e. The van der Waals surface area contributed by atoms with E-state index in [-0.39, 0.29) is 5.78 Å². The van der Waals surface area contributed by atoms with Crippen LogP contribution in [0.3, 0.4) is 0 Å². The Hall–Kier alpha value is -0.770. The van der Waals surface area contributed by atoms with Gasteiger partial charge in [-0.3, -0.25) is 9.89 Å². The number of aromatic amines is 1. The standard InChI is InChI=1S/C6H6N2OS/c9-6-3-10-2-5-4(6)1-7-8-5/h1H,2-3H2,(H,7,8). The van der Waals surface area contributed by atoms with E-state index in [0.717, 1.165) is 17.0 Å². The molecule has 0 bridgehead atoms. The highest BCUT2D eigenvalue weighted by Crippen LogP contribution is 2.21. The third-order valence-electron chi connectivity index (χ3n) is 1.50. The fraction of sp³-hybridized carbons (Fsp3) is 0.333. The number of thioether (sulfide) groups is 1. The molecular weight excluding hydrogens is 148 g/mol. The molecule has 10 heavy (non-hydrogen) atoms. The Morgan fingerprint density at radius 3 is 3.30 bits per heavy atom. The first-order valence-corrected chi connectivity index (χ1v) is 4.16. The van der Waals surface area contributed by atoms with Crippen LogP contribution in [-0.4, -0.2) is 21.7 Å². The molecule has 0 unspecified atom stereocenters. The molecule has 1 aromatic heterocycles. The number of hydrogen-bond acceptors (Lipinski definition) is 3. The van der Waals surface area contributed by atoms with Gasteiger partial charge in [0.1, 0.15) is 0 Å². The summed E-state index contributed by atoms with van der Waals surface area (Å²) in [6.07, 6.45) is 1.61. The van der Waals surface area contributed by atoms with Crippen molar-refractivity contribution in [2.75, 3.05) is 5.75 Å². The van der Waals surface area contributed by atoms with Crippen molar-refractivity contribution >= 4 is 17.5 Å². The lowest BCUT2D eigenvalue weighted by molar-refractivity contribution is 0.102. The summed E-state index contributed by atoms with van der Waals surface area (Å²) in [6, 6.07) is 0. The number of ketones is 1. The lowest BCUT2D eigenvalue weighted by Gasteiger charge is -2.06. The zero-order valence-electron chi connectivity index (χ0n) is 5.26. The highest BCUT2D eigenvalue weighted by Gasteiger charge is 2.18. The van der Waals surface area contributed by atoms with Gasteiger partial charge in [0.25, 0.3) is 0 Å². The number of carbonyl (C=O) groups is 1. The summed E-state index contributed by atoms with van der Waals surface area (Å²) in [4.78, 5) is 11.1. The van der Waals surface area contributed by atoms with Crippen molar-refractivity contribution in [1.82, 2.24) is 10.2 Å². The maximum Gasteiger partial charge on any atom is 0.176 e. The molecule has 0 radical (unpaired) electrons. The molecule has 0 amide bonds. The Balaban J connectivity index is 2.50. The lowest BCUT2D eigenvalue weighted by Crippen LogP contribution is -2.09. The van der Waals surface area contributed by atoms with E-state index in [9.17, 15) is 4.79 Å². The molecular formula is C6H6N2OS. The molecule has 4 heteroatoms. The molecule has 0 saturated carbocycles. The van der Waals surface area contributed by atoms with Crippen LogP contribution >= 0.6 is 11.8 Å². The zero-order chi connectivity index (χ0) is 6.97. The summed E-state index contributed by atoms with van der Waals surface area (Å²) in [5.74, 6) is 1.69. The fourth-order valence-electron chi connectivity index (χ4n) is 0.987. The molecule has 1 N–H and O–H groups in total. The number of nitrogens with zero attached hydrogens (tertiary/aromatic N) is 1. The second-order valence-corrected chi connectivity index (χ2v) is 3.16. The number of hydrogen-bond donors (Lipinski definition) is 1. The summed E-state index contributed by atoms with van der Waals surface area (Å²) < 4.78 is 0. The summed E-state index contributed by atoms with van der Waals surface area (Å²) in [5.41, 5.74) is 1.75. The van der Waals surface area contributed by atoms with Gasteiger partial charge in [-0.25, -0.2) is 0 Å². The third kappa shape index (κ3) is 0.759. The first-order valence-electron chi connectivity index (χ1n) is 3.01. The van der Waals surface area contributed by atoms with E-state index >= 15 is 0 Å². The summed E-state index contributed by atoms with van der Waals surface area (Å²) >= 11 is 1.63. The molecule has 0 saturated heterocycles. The molecule has 0 fully saturated rings. The van der Waals surface area contributed by atoms with Gasteiger partial charge in [0, 0.05) is 5.75 Å². The van der Waals surface area contributed by atoms with Crippen molar-refractivity contribution in [3.05, 3.63) is 17.5 Å². The van der Waals surface area contributed by atoms with E-state index < -0.39 is 0 Å². The summed E-state index contributed by atoms with van der Waals surface area (Å²) in [5, 5.41) is 6.59. The highest BCUT2D eigenvalue weighted by atomic mass is 32.2. The lowest BCUT2D eigenvalue weighted by atomic mass is 10.2. The number of Topliss-reactive ketones (excluding diaryl/α,β-unsaturated/α-hetero) is 1. The number of H-pyrrole nitrogens is 1. The van der Waals surface area contributed by atoms with Gasteiger partial charge in [-0.2, -0.15) is 5.10 Å². The van der Waals surface area contributed by atoms with Crippen LogP contribution in [0.5, 0.6) is 0 Å². The van der Waals surface area contributed by atoms with Crippen molar-refractivity contribution in [3.63, 3.8) is 0 Å². The van der Waals surface area contributed by atoms with Crippen LogP contribution < -0.4 is 0 Å². The van der Waals surface area contributed by atoms with Gasteiger partial charge in [0.05, 0.1) is 23.2 Å². The van der Waals surface area contributed by atoms with Crippen LogP contribution in [0.1, 0.15) is 16.1 Å². The quantitative estimate of drug-likeness (QED) is 0.602. The highest BCUT2D eigenvalue weighted by molar-refractivity contribution is 7.99. The number of nitrogens with one attached hydrogen (secondary N) is 1. The fourth-order valence-corrected chi connectivity index (χ4v) is 1.85.